The summed E-state index contributed by atoms with van der Waals surface area (Å²) in [6, 6.07) is 17.3. The number of anilines is 1. The van der Waals surface area contributed by atoms with Gasteiger partial charge in [0.25, 0.3) is 5.69 Å². The number of hydrogen-bond donors (Lipinski definition) is 0. The van der Waals surface area contributed by atoms with Crippen molar-refractivity contribution in [1.82, 2.24) is 9.78 Å². The summed E-state index contributed by atoms with van der Waals surface area (Å²) in [5.74, 6) is -0.117. The first-order valence-electron chi connectivity index (χ1n) is 7.69. The molecular formula is C18H16N4O3. The zero-order valence-corrected chi connectivity index (χ0v) is 13.4. The van der Waals surface area contributed by atoms with Crippen LogP contribution in [0.4, 0.5) is 11.4 Å². The molecule has 0 N–H and O–H groups in total. The molecule has 0 bridgehead atoms. The zero-order chi connectivity index (χ0) is 17.6. The normalized spacial score (nSPS) is 10.4. The summed E-state index contributed by atoms with van der Waals surface area (Å²) >= 11 is 0. The highest BCUT2D eigenvalue weighted by Gasteiger charge is 2.17. The number of aromatic nitrogens is 2. The molecule has 1 amide bonds. The SMILES string of the molecule is O=C(Cn1cccn1)N(Cc1ccc([N+](=O)[O-])cc1)c1ccccc1. The number of hydrogen-bond acceptors (Lipinski definition) is 4. The van der Waals surface area contributed by atoms with Crippen molar-refractivity contribution >= 4 is 17.3 Å². The van der Waals surface area contributed by atoms with E-state index in [9.17, 15) is 14.9 Å². The number of amides is 1. The molecule has 0 radical (unpaired) electrons. The Balaban J connectivity index is 1.83. The van der Waals surface area contributed by atoms with Gasteiger partial charge in [0.1, 0.15) is 6.54 Å². The first-order chi connectivity index (χ1) is 12.1. The van der Waals surface area contributed by atoms with E-state index in [1.54, 1.807) is 40.2 Å². The molecule has 25 heavy (non-hydrogen) atoms. The Morgan fingerprint density at radius 3 is 2.40 bits per heavy atom. The number of non-ortho nitro benzene ring substituents is 1. The Kier molecular flexibility index (Phi) is 4.84. The number of carbonyl (C=O) groups excluding carboxylic acids is 1. The van der Waals surface area contributed by atoms with Crippen LogP contribution in [0.15, 0.2) is 73.1 Å². The van der Waals surface area contributed by atoms with Gasteiger partial charge < -0.3 is 4.90 Å². The average molecular weight is 336 g/mol. The van der Waals surface area contributed by atoms with Crippen molar-refractivity contribution in [3.8, 4) is 0 Å². The predicted molar refractivity (Wildman–Crippen MR) is 93.0 cm³/mol. The molecule has 1 aromatic heterocycles. The second-order valence-electron chi connectivity index (χ2n) is 5.44. The molecule has 0 unspecified atom stereocenters. The second-order valence-corrected chi connectivity index (χ2v) is 5.44. The summed E-state index contributed by atoms with van der Waals surface area (Å²) in [7, 11) is 0. The Bertz CT molecular complexity index is 846. The first kappa shape index (κ1) is 16.4. The maximum Gasteiger partial charge on any atom is 0.269 e. The summed E-state index contributed by atoms with van der Waals surface area (Å²) in [5, 5.41) is 14.8. The van der Waals surface area contributed by atoms with Crippen LogP contribution < -0.4 is 4.90 Å². The Morgan fingerprint density at radius 2 is 1.80 bits per heavy atom. The van der Waals surface area contributed by atoms with Crippen LogP contribution in [0, 0.1) is 10.1 Å². The lowest BCUT2D eigenvalue weighted by Gasteiger charge is -2.23. The molecule has 0 saturated carbocycles. The van der Waals surface area contributed by atoms with Gasteiger partial charge in [-0.3, -0.25) is 19.6 Å². The fraction of sp³-hybridized carbons (Fsp3) is 0.111. The lowest BCUT2D eigenvalue weighted by Crippen LogP contribution is -2.33. The third kappa shape index (κ3) is 4.08. The molecule has 0 saturated heterocycles. The minimum Gasteiger partial charge on any atom is -0.306 e. The van der Waals surface area contributed by atoms with Gasteiger partial charge in [0, 0.05) is 30.2 Å². The molecule has 0 spiro atoms. The van der Waals surface area contributed by atoms with Gasteiger partial charge in [-0.25, -0.2) is 0 Å². The molecule has 0 fully saturated rings. The van der Waals surface area contributed by atoms with Crippen LogP contribution in [-0.2, 0) is 17.9 Å². The second kappa shape index (κ2) is 7.39. The van der Waals surface area contributed by atoms with Gasteiger partial charge in [0.2, 0.25) is 5.91 Å². The van der Waals surface area contributed by atoms with Crippen LogP contribution >= 0.6 is 0 Å². The van der Waals surface area contributed by atoms with E-state index in [1.165, 1.54) is 12.1 Å². The maximum atomic E-state index is 12.7. The standard InChI is InChI=1S/C18H16N4O3/c23-18(14-20-12-4-11-19-20)21(16-5-2-1-3-6-16)13-15-7-9-17(10-8-15)22(24)25/h1-12H,13-14H2. The summed E-state index contributed by atoms with van der Waals surface area (Å²) < 4.78 is 1.56. The summed E-state index contributed by atoms with van der Waals surface area (Å²) in [4.78, 5) is 24.7. The molecule has 7 heteroatoms. The largest absolute Gasteiger partial charge is 0.306 e. The smallest absolute Gasteiger partial charge is 0.269 e. The predicted octanol–water partition coefficient (Wildman–Crippen LogP) is 3.02. The first-order valence-corrected chi connectivity index (χ1v) is 7.69. The molecule has 0 atom stereocenters. The van der Waals surface area contributed by atoms with E-state index in [0.717, 1.165) is 11.3 Å². The van der Waals surface area contributed by atoms with Crippen molar-refractivity contribution in [3.05, 3.63) is 88.7 Å². The van der Waals surface area contributed by atoms with Crippen LogP contribution in [0.5, 0.6) is 0 Å². The molecule has 3 aromatic rings. The summed E-state index contributed by atoms with van der Waals surface area (Å²) in [6.45, 7) is 0.441. The van der Waals surface area contributed by atoms with Crippen molar-refractivity contribution in [2.45, 2.75) is 13.1 Å². The highest BCUT2D eigenvalue weighted by Crippen LogP contribution is 2.19. The van der Waals surface area contributed by atoms with E-state index in [1.807, 2.05) is 30.3 Å². The molecule has 0 aliphatic heterocycles. The Hall–Kier alpha value is -3.48. The number of carbonyl (C=O) groups is 1. The van der Waals surface area contributed by atoms with Crippen molar-refractivity contribution in [3.63, 3.8) is 0 Å². The fourth-order valence-electron chi connectivity index (χ4n) is 2.45. The van der Waals surface area contributed by atoms with Gasteiger partial charge in [0.15, 0.2) is 0 Å². The number of nitrogens with zero attached hydrogens (tertiary/aromatic N) is 4. The summed E-state index contributed by atoms with van der Waals surface area (Å²) in [5.41, 5.74) is 1.60. The zero-order valence-electron chi connectivity index (χ0n) is 13.4. The minimum atomic E-state index is -0.443. The van der Waals surface area contributed by atoms with Gasteiger partial charge >= 0.3 is 0 Å². The van der Waals surface area contributed by atoms with Gasteiger partial charge in [-0.05, 0) is 23.8 Å². The number of para-hydroxylation sites is 1. The van der Waals surface area contributed by atoms with Crippen LogP contribution in [0.3, 0.4) is 0 Å². The lowest BCUT2D eigenvalue weighted by atomic mass is 10.1. The third-order valence-corrected chi connectivity index (χ3v) is 3.71. The monoisotopic (exact) mass is 336 g/mol. The van der Waals surface area contributed by atoms with E-state index in [-0.39, 0.29) is 18.1 Å². The molecule has 3 rings (SSSR count). The van der Waals surface area contributed by atoms with E-state index in [0.29, 0.717) is 6.54 Å². The van der Waals surface area contributed by atoms with Crippen LogP contribution in [0.1, 0.15) is 5.56 Å². The van der Waals surface area contributed by atoms with Crippen molar-refractivity contribution in [1.29, 1.82) is 0 Å². The number of rotatable bonds is 6. The average Bonchev–Trinajstić information content (AvgIpc) is 3.13. The molecule has 1 heterocycles. The van der Waals surface area contributed by atoms with Crippen LogP contribution in [-0.4, -0.2) is 20.6 Å². The fourth-order valence-corrected chi connectivity index (χ4v) is 2.45. The molecule has 0 aliphatic carbocycles. The highest BCUT2D eigenvalue weighted by molar-refractivity contribution is 5.93. The molecular weight excluding hydrogens is 320 g/mol. The molecule has 0 aliphatic rings. The van der Waals surface area contributed by atoms with E-state index < -0.39 is 4.92 Å². The van der Waals surface area contributed by atoms with Crippen LogP contribution in [0.2, 0.25) is 0 Å². The highest BCUT2D eigenvalue weighted by atomic mass is 16.6. The minimum absolute atomic E-state index is 0.0258. The van der Waals surface area contributed by atoms with E-state index >= 15 is 0 Å². The quantitative estimate of drug-likeness (QED) is 0.512. The van der Waals surface area contributed by atoms with Gasteiger partial charge in [-0.15, -0.1) is 0 Å². The van der Waals surface area contributed by atoms with Crippen LogP contribution in [0.25, 0.3) is 0 Å². The molecule has 126 valence electrons. The Labute approximate surface area is 144 Å². The van der Waals surface area contributed by atoms with Crippen molar-refractivity contribution in [2.75, 3.05) is 4.90 Å². The number of nitro groups is 1. The number of nitro benzene ring substituents is 1. The lowest BCUT2D eigenvalue weighted by molar-refractivity contribution is -0.384. The van der Waals surface area contributed by atoms with Crippen molar-refractivity contribution < 1.29 is 9.72 Å². The maximum absolute atomic E-state index is 12.7. The van der Waals surface area contributed by atoms with Gasteiger partial charge in [-0.2, -0.15) is 5.10 Å². The third-order valence-electron chi connectivity index (χ3n) is 3.71. The van der Waals surface area contributed by atoms with Gasteiger partial charge in [-0.1, -0.05) is 30.3 Å². The molecule has 7 nitrogen and oxygen atoms in total. The topological polar surface area (TPSA) is 81.3 Å². The van der Waals surface area contributed by atoms with Crippen molar-refractivity contribution in [2.24, 2.45) is 0 Å². The number of benzene rings is 2. The van der Waals surface area contributed by atoms with E-state index in [2.05, 4.69) is 5.10 Å². The molecule has 2 aromatic carbocycles. The van der Waals surface area contributed by atoms with Gasteiger partial charge in [0.05, 0.1) is 11.5 Å². The Morgan fingerprint density at radius 1 is 1.08 bits per heavy atom. The van der Waals surface area contributed by atoms with E-state index in [4.69, 9.17) is 0 Å². The summed E-state index contributed by atoms with van der Waals surface area (Å²) in [6.07, 6.45) is 3.35.